The number of aromatic nitrogens is 2. The molecule has 2 aromatic carbocycles. The smallest absolute Gasteiger partial charge is 0.230 e. The van der Waals surface area contributed by atoms with E-state index in [1.165, 1.54) is 24.6 Å². The number of nitrogens with one attached hydrogen (secondary N) is 1. The van der Waals surface area contributed by atoms with Crippen LogP contribution in [0, 0.1) is 0 Å². The number of hydrogen-bond acceptors (Lipinski definition) is 3. The van der Waals surface area contributed by atoms with Crippen molar-refractivity contribution >= 4 is 40.0 Å². The van der Waals surface area contributed by atoms with Crippen molar-refractivity contribution < 1.29 is 4.79 Å². The first-order chi connectivity index (χ1) is 12.7. The molecule has 0 unspecified atom stereocenters. The average Bonchev–Trinajstić information content (AvgIpc) is 3.08. The van der Waals surface area contributed by atoms with Crippen molar-refractivity contribution in [1.29, 1.82) is 0 Å². The summed E-state index contributed by atoms with van der Waals surface area (Å²) in [5.74, 6) is 1.50. The molecule has 0 radical (unpaired) electrons. The SMILES string of the molecule is O=C(CSc1cccc2cccc(Cl)c12)NCc1cn2c(n1)CCCC2. The lowest BCUT2D eigenvalue weighted by molar-refractivity contribution is -0.118. The molecule has 0 saturated heterocycles. The summed E-state index contributed by atoms with van der Waals surface area (Å²) in [5.41, 5.74) is 0.938. The summed E-state index contributed by atoms with van der Waals surface area (Å²) in [4.78, 5) is 17.9. The lowest BCUT2D eigenvalue weighted by Gasteiger charge is -2.11. The maximum absolute atomic E-state index is 12.3. The number of fused-ring (bicyclic) bond motifs is 2. The number of carbonyl (C=O) groups excluding carboxylic acids is 1. The molecule has 1 aromatic heterocycles. The number of imidazole rings is 1. The maximum Gasteiger partial charge on any atom is 0.230 e. The standard InChI is InChI=1S/C20H20ClN3OS/c21-16-7-3-5-14-6-4-8-17(20(14)16)26-13-19(25)22-11-15-12-24-10-2-1-9-18(24)23-15/h3-8,12H,1-2,9-11,13H2,(H,22,25). The molecule has 26 heavy (non-hydrogen) atoms. The highest BCUT2D eigenvalue weighted by Crippen LogP contribution is 2.33. The Morgan fingerprint density at radius 3 is 2.92 bits per heavy atom. The van der Waals surface area contributed by atoms with Crippen LogP contribution in [-0.4, -0.2) is 21.2 Å². The van der Waals surface area contributed by atoms with Crippen LogP contribution in [0.5, 0.6) is 0 Å². The van der Waals surface area contributed by atoms with E-state index in [1.54, 1.807) is 0 Å². The molecule has 0 bridgehead atoms. The second kappa shape index (κ2) is 7.72. The summed E-state index contributed by atoms with van der Waals surface area (Å²) in [7, 11) is 0. The van der Waals surface area contributed by atoms with Crippen LogP contribution in [0.25, 0.3) is 10.8 Å². The van der Waals surface area contributed by atoms with E-state index >= 15 is 0 Å². The van der Waals surface area contributed by atoms with Crippen LogP contribution in [0.1, 0.15) is 24.4 Å². The zero-order chi connectivity index (χ0) is 17.9. The van der Waals surface area contributed by atoms with Gasteiger partial charge < -0.3 is 9.88 Å². The summed E-state index contributed by atoms with van der Waals surface area (Å²) in [6.45, 7) is 1.52. The first-order valence-electron chi connectivity index (χ1n) is 8.82. The highest BCUT2D eigenvalue weighted by Gasteiger charge is 2.13. The van der Waals surface area contributed by atoms with E-state index in [9.17, 15) is 4.79 Å². The number of thioether (sulfide) groups is 1. The average molecular weight is 386 g/mol. The van der Waals surface area contributed by atoms with E-state index in [4.69, 9.17) is 11.6 Å². The topological polar surface area (TPSA) is 46.9 Å². The molecule has 0 fully saturated rings. The van der Waals surface area contributed by atoms with Gasteiger partial charge in [0.05, 0.1) is 18.0 Å². The summed E-state index contributed by atoms with van der Waals surface area (Å²) in [6.07, 6.45) is 5.50. The molecule has 0 atom stereocenters. The first-order valence-corrected chi connectivity index (χ1v) is 10.2. The van der Waals surface area contributed by atoms with E-state index in [1.807, 2.05) is 36.4 Å². The molecule has 1 amide bonds. The van der Waals surface area contributed by atoms with Crippen LogP contribution in [0.3, 0.4) is 0 Å². The first kappa shape index (κ1) is 17.4. The molecule has 3 aromatic rings. The molecule has 1 N–H and O–H groups in total. The number of halogens is 1. The van der Waals surface area contributed by atoms with Gasteiger partial charge in [-0.2, -0.15) is 0 Å². The Labute approximate surface area is 161 Å². The van der Waals surface area contributed by atoms with Crippen molar-refractivity contribution in [2.45, 2.75) is 37.2 Å². The summed E-state index contributed by atoms with van der Waals surface area (Å²) in [5, 5.41) is 5.79. The molecule has 6 heteroatoms. The van der Waals surface area contributed by atoms with E-state index in [-0.39, 0.29) is 5.91 Å². The fourth-order valence-corrected chi connectivity index (χ4v) is 4.60. The quantitative estimate of drug-likeness (QED) is 0.660. The Kier molecular flexibility index (Phi) is 5.18. The van der Waals surface area contributed by atoms with Crippen LogP contribution in [-0.2, 0) is 24.3 Å². The molecular weight excluding hydrogens is 366 g/mol. The van der Waals surface area contributed by atoms with Gasteiger partial charge in [-0.15, -0.1) is 11.8 Å². The Morgan fingerprint density at radius 1 is 1.23 bits per heavy atom. The zero-order valence-electron chi connectivity index (χ0n) is 14.4. The van der Waals surface area contributed by atoms with Crippen molar-refractivity contribution in [3.05, 3.63) is 59.1 Å². The second-order valence-corrected chi connectivity index (χ2v) is 7.88. The minimum Gasteiger partial charge on any atom is -0.350 e. The van der Waals surface area contributed by atoms with Gasteiger partial charge in [-0.05, 0) is 30.4 Å². The molecular formula is C20H20ClN3OS. The van der Waals surface area contributed by atoms with Gasteiger partial charge in [-0.1, -0.05) is 35.9 Å². The monoisotopic (exact) mass is 385 g/mol. The Morgan fingerprint density at radius 2 is 2.08 bits per heavy atom. The number of aryl methyl sites for hydroxylation is 2. The van der Waals surface area contributed by atoms with Crippen molar-refractivity contribution in [2.75, 3.05) is 5.75 Å². The van der Waals surface area contributed by atoms with Crippen molar-refractivity contribution in [3.63, 3.8) is 0 Å². The van der Waals surface area contributed by atoms with Crippen molar-refractivity contribution in [1.82, 2.24) is 14.9 Å². The van der Waals surface area contributed by atoms with Gasteiger partial charge in [0.25, 0.3) is 0 Å². The Hall–Kier alpha value is -1.98. The van der Waals surface area contributed by atoms with Gasteiger partial charge in [0.1, 0.15) is 5.82 Å². The van der Waals surface area contributed by atoms with Crippen LogP contribution >= 0.6 is 23.4 Å². The molecule has 4 nitrogen and oxygen atoms in total. The minimum atomic E-state index is 0.00466. The van der Waals surface area contributed by atoms with Crippen molar-refractivity contribution in [3.8, 4) is 0 Å². The molecule has 1 aliphatic rings. The molecule has 4 rings (SSSR count). The Balaban J connectivity index is 1.36. The number of rotatable bonds is 5. The third kappa shape index (κ3) is 3.74. The lowest BCUT2D eigenvalue weighted by atomic mass is 10.1. The lowest BCUT2D eigenvalue weighted by Crippen LogP contribution is -2.24. The minimum absolute atomic E-state index is 0.00466. The number of amides is 1. The van der Waals surface area contributed by atoms with Crippen LogP contribution < -0.4 is 5.32 Å². The normalized spacial score (nSPS) is 13.6. The second-order valence-electron chi connectivity index (χ2n) is 6.46. The molecule has 1 aliphatic heterocycles. The van der Waals surface area contributed by atoms with E-state index in [0.717, 1.165) is 45.2 Å². The van der Waals surface area contributed by atoms with Gasteiger partial charge in [0, 0.05) is 34.5 Å². The van der Waals surface area contributed by atoms with Gasteiger partial charge in [-0.25, -0.2) is 4.98 Å². The van der Waals surface area contributed by atoms with Gasteiger partial charge in [-0.3, -0.25) is 4.79 Å². The predicted molar refractivity (Wildman–Crippen MR) is 107 cm³/mol. The van der Waals surface area contributed by atoms with Crippen LogP contribution in [0.15, 0.2) is 47.5 Å². The maximum atomic E-state index is 12.3. The molecule has 0 aliphatic carbocycles. The molecule has 134 valence electrons. The molecule has 0 saturated carbocycles. The van der Waals surface area contributed by atoms with Crippen molar-refractivity contribution in [2.24, 2.45) is 0 Å². The van der Waals surface area contributed by atoms with Crippen LogP contribution in [0.2, 0.25) is 5.02 Å². The third-order valence-electron chi connectivity index (χ3n) is 4.60. The number of hydrogen-bond donors (Lipinski definition) is 1. The molecule has 2 heterocycles. The van der Waals surface area contributed by atoms with E-state index < -0.39 is 0 Å². The fraction of sp³-hybridized carbons (Fsp3) is 0.300. The third-order valence-corrected chi connectivity index (χ3v) is 5.97. The number of benzene rings is 2. The van der Waals surface area contributed by atoms with Gasteiger partial charge in [0.15, 0.2) is 0 Å². The summed E-state index contributed by atoms with van der Waals surface area (Å²) < 4.78 is 2.21. The van der Waals surface area contributed by atoms with E-state index in [2.05, 4.69) is 21.1 Å². The number of nitrogens with zero attached hydrogens (tertiary/aromatic N) is 2. The zero-order valence-corrected chi connectivity index (χ0v) is 15.9. The molecule has 0 spiro atoms. The fourth-order valence-electron chi connectivity index (χ4n) is 3.32. The highest BCUT2D eigenvalue weighted by atomic mass is 35.5. The van der Waals surface area contributed by atoms with E-state index in [0.29, 0.717) is 12.3 Å². The largest absolute Gasteiger partial charge is 0.350 e. The van der Waals surface area contributed by atoms with Crippen LogP contribution in [0.4, 0.5) is 0 Å². The highest BCUT2D eigenvalue weighted by molar-refractivity contribution is 8.00. The Bertz CT molecular complexity index is 925. The van der Waals surface area contributed by atoms with Gasteiger partial charge in [0.2, 0.25) is 5.91 Å². The predicted octanol–water partition coefficient (Wildman–Crippen LogP) is 4.43. The summed E-state index contributed by atoms with van der Waals surface area (Å²) >= 11 is 7.86. The summed E-state index contributed by atoms with van der Waals surface area (Å²) in [6, 6.07) is 11.9. The van der Waals surface area contributed by atoms with Gasteiger partial charge >= 0.3 is 0 Å². The number of carbonyl (C=O) groups is 1.